The average Bonchev–Trinajstić information content (AvgIpc) is 2.17. The summed E-state index contributed by atoms with van der Waals surface area (Å²) in [7, 11) is 0. The fourth-order valence-corrected chi connectivity index (χ4v) is 2.81. The summed E-state index contributed by atoms with van der Waals surface area (Å²) in [6.45, 7) is 9.29. The first-order valence-corrected chi connectivity index (χ1v) is 6.41. The van der Waals surface area contributed by atoms with Gasteiger partial charge in [-0.05, 0) is 37.5 Å². The van der Waals surface area contributed by atoms with Crippen LogP contribution < -0.4 is 5.32 Å². The third-order valence-electron chi connectivity index (χ3n) is 3.79. The number of nitrogens with one attached hydrogen (secondary N) is 1. The van der Waals surface area contributed by atoms with Crippen LogP contribution in [-0.4, -0.2) is 23.8 Å². The highest BCUT2D eigenvalue weighted by molar-refractivity contribution is 4.86. The van der Waals surface area contributed by atoms with Gasteiger partial charge in [-0.3, -0.25) is 0 Å². The zero-order chi connectivity index (χ0) is 11.4. The summed E-state index contributed by atoms with van der Waals surface area (Å²) < 4.78 is 0. The van der Waals surface area contributed by atoms with E-state index in [0.717, 1.165) is 17.8 Å². The molecule has 15 heavy (non-hydrogen) atoms. The second kappa shape index (κ2) is 5.86. The van der Waals surface area contributed by atoms with Crippen LogP contribution in [0.4, 0.5) is 0 Å². The Balaban J connectivity index is 2.54. The summed E-state index contributed by atoms with van der Waals surface area (Å²) >= 11 is 0. The molecule has 0 saturated heterocycles. The van der Waals surface area contributed by atoms with Crippen LogP contribution in [0.3, 0.4) is 0 Å². The number of rotatable bonds is 4. The maximum absolute atomic E-state index is 9.09. The van der Waals surface area contributed by atoms with Crippen LogP contribution in [-0.2, 0) is 0 Å². The molecule has 1 rings (SSSR count). The Morgan fingerprint density at radius 3 is 2.47 bits per heavy atom. The van der Waals surface area contributed by atoms with E-state index in [1.54, 1.807) is 0 Å². The first-order chi connectivity index (χ1) is 7.04. The van der Waals surface area contributed by atoms with E-state index in [4.69, 9.17) is 5.11 Å². The van der Waals surface area contributed by atoms with E-state index >= 15 is 0 Å². The van der Waals surface area contributed by atoms with Crippen molar-refractivity contribution in [2.24, 2.45) is 17.8 Å². The molecular formula is C13H27NO. The molecule has 0 radical (unpaired) electrons. The SMILES string of the molecule is CC1CCC(C(C)C)C(NC(C)CO)C1. The van der Waals surface area contributed by atoms with Gasteiger partial charge in [0.2, 0.25) is 0 Å². The summed E-state index contributed by atoms with van der Waals surface area (Å²) in [5.74, 6) is 2.37. The second-order valence-electron chi connectivity index (χ2n) is 5.68. The minimum Gasteiger partial charge on any atom is -0.395 e. The minimum absolute atomic E-state index is 0.238. The topological polar surface area (TPSA) is 32.3 Å². The Kier molecular flexibility index (Phi) is 5.07. The lowest BCUT2D eigenvalue weighted by molar-refractivity contribution is 0.144. The molecule has 2 heteroatoms. The van der Waals surface area contributed by atoms with E-state index in [0.29, 0.717) is 6.04 Å². The Labute approximate surface area is 94.5 Å². The number of hydrogen-bond acceptors (Lipinski definition) is 2. The fraction of sp³-hybridized carbons (Fsp3) is 1.00. The van der Waals surface area contributed by atoms with E-state index in [2.05, 4.69) is 33.0 Å². The zero-order valence-electron chi connectivity index (χ0n) is 10.7. The third kappa shape index (κ3) is 3.76. The van der Waals surface area contributed by atoms with E-state index in [1.807, 2.05) is 0 Å². The third-order valence-corrected chi connectivity index (χ3v) is 3.79. The van der Waals surface area contributed by atoms with Gasteiger partial charge in [0.05, 0.1) is 6.61 Å². The molecule has 0 aliphatic heterocycles. The molecule has 0 aromatic rings. The number of aliphatic hydroxyl groups is 1. The van der Waals surface area contributed by atoms with Gasteiger partial charge in [-0.2, -0.15) is 0 Å². The van der Waals surface area contributed by atoms with Gasteiger partial charge >= 0.3 is 0 Å². The van der Waals surface area contributed by atoms with Gasteiger partial charge in [0, 0.05) is 12.1 Å². The Hall–Kier alpha value is -0.0800. The Morgan fingerprint density at radius 1 is 1.27 bits per heavy atom. The van der Waals surface area contributed by atoms with Gasteiger partial charge in [0.15, 0.2) is 0 Å². The van der Waals surface area contributed by atoms with Gasteiger partial charge in [-0.1, -0.05) is 27.2 Å². The van der Waals surface area contributed by atoms with Crippen LogP contribution in [0.15, 0.2) is 0 Å². The highest BCUT2D eigenvalue weighted by Crippen LogP contribution is 2.33. The Morgan fingerprint density at radius 2 is 1.93 bits per heavy atom. The molecule has 1 aliphatic carbocycles. The minimum atomic E-state index is 0.238. The van der Waals surface area contributed by atoms with Crippen LogP contribution in [0.2, 0.25) is 0 Å². The van der Waals surface area contributed by atoms with Crippen molar-refractivity contribution in [2.45, 2.75) is 59.0 Å². The molecular weight excluding hydrogens is 186 g/mol. The van der Waals surface area contributed by atoms with Gasteiger partial charge in [-0.15, -0.1) is 0 Å². The molecule has 0 aromatic heterocycles. The maximum Gasteiger partial charge on any atom is 0.0582 e. The van der Waals surface area contributed by atoms with Crippen molar-refractivity contribution in [3.63, 3.8) is 0 Å². The maximum atomic E-state index is 9.09. The summed E-state index contributed by atoms with van der Waals surface area (Å²) in [4.78, 5) is 0. The van der Waals surface area contributed by atoms with Gasteiger partial charge in [0.1, 0.15) is 0 Å². The Bertz CT molecular complexity index is 181. The standard InChI is InChI=1S/C13H27NO/c1-9(2)12-6-5-10(3)7-13(12)14-11(4)8-15/h9-15H,5-8H2,1-4H3. The summed E-state index contributed by atoms with van der Waals surface area (Å²) in [5.41, 5.74) is 0. The van der Waals surface area contributed by atoms with E-state index < -0.39 is 0 Å². The van der Waals surface area contributed by atoms with Crippen LogP contribution in [0.25, 0.3) is 0 Å². The molecule has 0 amide bonds. The van der Waals surface area contributed by atoms with Gasteiger partial charge in [0.25, 0.3) is 0 Å². The van der Waals surface area contributed by atoms with Crippen molar-refractivity contribution in [1.29, 1.82) is 0 Å². The molecule has 2 nitrogen and oxygen atoms in total. The lowest BCUT2D eigenvalue weighted by Gasteiger charge is -2.39. The molecule has 0 spiro atoms. The first kappa shape index (κ1) is 13.0. The van der Waals surface area contributed by atoms with Crippen molar-refractivity contribution < 1.29 is 5.11 Å². The van der Waals surface area contributed by atoms with Crippen LogP contribution in [0.5, 0.6) is 0 Å². The monoisotopic (exact) mass is 213 g/mol. The highest BCUT2D eigenvalue weighted by Gasteiger charge is 2.30. The normalized spacial score (nSPS) is 34.4. The second-order valence-corrected chi connectivity index (χ2v) is 5.68. The molecule has 0 bridgehead atoms. The lowest BCUT2D eigenvalue weighted by atomic mass is 9.74. The summed E-state index contributed by atoms with van der Waals surface area (Å²) in [5, 5.41) is 12.7. The molecule has 4 atom stereocenters. The number of hydrogen-bond donors (Lipinski definition) is 2. The average molecular weight is 213 g/mol. The van der Waals surface area contributed by atoms with E-state index in [-0.39, 0.29) is 12.6 Å². The van der Waals surface area contributed by atoms with Crippen molar-refractivity contribution >= 4 is 0 Å². The molecule has 0 aromatic carbocycles. The smallest absolute Gasteiger partial charge is 0.0582 e. The molecule has 1 fully saturated rings. The predicted molar refractivity (Wildman–Crippen MR) is 64.8 cm³/mol. The van der Waals surface area contributed by atoms with Crippen molar-refractivity contribution in [2.75, 3.05) is 6.61 Å². The predicted octanol–water partition coefficient (Wildman–Crippen LogP) is 2.42. The van der Waals surface area contributed by atoms with Crippen molar-refractivity contribution in [3.05, 3.63) is 0 Å². The largest absolute Gasteiger partial charge is 0.395 e. The van der Waals surface area contributed by atoms with Crippen molar-refractivity contribution in [3.8, 4) is 0 Å². The highest BCUT2D eigenvalue weighted by atomic mass is 16.3. The fourth-order valence-electron chi connectivity index (χ4n) is 2.81. The van der Waals surface area contributed by atoms with Crippen LogP contribution in [0, 0.1) is 17.8 Å². The quantitative estimate of drug-likeness (QED) is 0.751. The summed E-state index contributed by atoms with van der Waals surface area (Å²) in [6, 6.07) is 0.845. The molecule has 1 saturated carbocycles. The van der Waals surface area contributed by atoms with E-state index in [9.17, 15) is 0 Å². The van der Waals surface area contributed by atoms with Crippen molar-refractivity contribution in [1.82, 2.24) is 5.32 Å². The molecule has 4 unspecified atom stereocenters. The summed E-state index contributed by atoms with van der Waals surface area (Å²) in [6.07, 6.45) is 3.98. The van der Waals surface area contributed by atoms with Crippen LogP contribution in [0.1, 0.15) is 47.0 Å². The van der Waals surface area contributed by atoms with Gasteiger partial charge < -0.3 is 10.4 Å². The lowest BCUT2D eigenvalue weighted by Crippen LogP contribution is -2.47. The molecule has 90 valence electrons. The van der Waals surface area contributed by atoms with E-state index in [1.165, 1.54) is 19.3 Å². The van der Waals surface area contributed by atoms with Crippen LogP contribution >= 0.6 is 0 Å². The zero-order valence-corrected chi connectivity index (χ0v) is 10.7. The first-order valence-electron chi connectivity index (χ1n) is 6.41. The molecule has 0 heterocycles. The number of aliphatic hydroxyl groups excluding tert-OH is 1. The molecule has 1 aliphatic rings. The molecule has 2 N–H and O–H groups in total. The van der Waals surface area contributed by atoms with Gasteiger partial charge in [-0.25, -0.2) is 0 Å².